The topological polar surface area (TPSA) is 97.4 Å². The lowest BCUT2D eigenvalue weighted by Gasteiger charge is -2.46. The Morgan fingerprint density at radius 3 is 2.16 bits per heavy atom. The fourth-order valence-electron chi connectivity index (χ4n) is 5.45. The molecule has 1 saturated carbocycles. The molecule has 9 heteroatoms. The van der Waals surface area contributed by atoms with E-state index in [2.05, 4.69) is 19.6 Å². The van der Waals surface area contributed by atoms with Crippen LogP contribution in [0, 0.1) is 11.8 Å². The van der Waals surface area contributed by atoms with Gasteiger partial charge in [-0.05, 0) is 41.4 Å². The molecule has 0 aliphatic heterocycles. The summed E-state index contributed by atoms with van der Waals surface area (Å²) in [6.07, 6.45) is 0.188. The molecular formula is C29H36O8Si. The van der Waals surface area contributed by atoms with Gasteiger partial charge in [-0.15, -0.1) is 0 Å². The summed E-state index contributed by atoms with van der Waals surface area (Å²) in [4.78, 5) is 40.4. The maximum absolute atomic E-state index is 13.7. The van der Waals surface area contributed by atoms with Gasteiger partial charge in [-0.1, -0.05) is 25.7 Å². The zero-order valence-corrected chi connectivity index (χ0v) is 23.9. The predicted octanol–water partition coefficient (Wildman–Crippen LogP) is 4.72. The lowest BCUT2D eigenvalue weighted by molar-refractivity contribution is -0.168. The summed E-state index contributed by atoms with van der Waals surface area (Å²) >= 11 is 0. The second-order valence-electron chi connectivity index (χ2n) is 11.1. The summed E-state index contributed by atoms with van der Waals surface area (Å²) in [5.41, 5.74) is 2.26. The Bertz CT molecular complexity index is 1220. The molecule has 0 aromatic heterocycles. The first-order valence-electron chi connectivity index (χ1n) is 12.8. The van der Waals surface area contributed by atoms with Gasteiger partial charge in [0.1, 0.15) is 29.6 Å². The van der Waals surface area contributed by atoms with E-state index in [4.69, 9.17) is 23.7 Å². The van der Waals surface area contributed by atoms with Crippen molar-refractivity contribution in [1.82, 2.24) is 0 Å². The molecule has 204 valence electrons. The Balaban J connectivity index is 1.64. The highest BCUT2D eigenvalue weighted by Crippen LogP contribution is 2.55. The normalized spacial score (nSPS) is 21.9. The third kappa shape index (κ3) is 5.57. The quantitative estimate of drug-likeness (QED) is 0.315. The largest absolute Gasteiger partial charge is 0.497 e. The highest BCUT2D eigenvalue weighted by molar-refractivity contribution is 6.76. The lowest BCUT2D eigenvalue weighted by atomic mass is 9.55. The zero-order chi connectivity index (χ0) is 27.6. The zero-order valence-electron chi connectivity index (χ0n) is 22.9. The van der Waals surface area contributed by atoms with E-state index in [1.54, 1.807) is 38.5 Å². The van der Waals surface area contributed by atoms with Crippen LogP contribution in [0.15, 0.2) is 36.4 Å². The number of hydrogen-bond acceptors (Lipinski definition) is 8. The summed E-state index contributed by atoms with van der Waals surface area (Å²) < 4.78 is 27.5. The number of benzene rings is 2. The van der Waals surface area contributed by atoms with Crippen molar-refractivity contribution in [3.8, 4) is 17.2 Å². The molecule has 1 fully saturated rings. The SMILES string of the molecule is COc1ccc(COC(=O)[C@H]2[C@H](C(=O)OCC[Si](C)(C)C)C3CC(=O)[C@H]2c2cc(OC)ccc23)c(OC)c1. The summed E-state index contributed by atoms with van der Waals surface area (Å²) in [5, 5.41) is 0. The molecule has 0 N–H and O–H groups in total. The average molecular weight is 541 g/mol. The molecule has 0 spiro atoms. The van der Waals surface area contributed by atoms with Gasteiger partial charge in [-0.25, -0.2) is 0 Å². The van der Waals surface area contributed by atoms with E-state index in [0.717, 1.165) is 17.2 Å². The Hall–Kier alpha value is -3.33. The smallest absolute Gasteiger partial charge is 0.311 e. The molecule has 0 heterocycles. The van der Waals surface area contributed by atoms with E-state index in [1.807, 2.05) is 12.1 Å². The molecule has 38 heavy (non-hydrogen) atoms. The molecule has 2 bridgehead atoms. The van der Waals surface area contributed by atoms with Gasteiger partial charge in [0, 0.05) is 32.0 Å². The second-order valence-corrected chi connectivity index (χ2v) is 16.7. The predicted molar refractivity (Wildman–Crippen MR) is 144 cm³/mol. The first-order valence-corrected chi connectivity index (χ1v) is 16.5. The van der Waals surface area contributed by atoms with E-state index in [9.17, 15) is 14.4 Å². The van der Waals surface area contributed by atoms with Crippen molar-refractivity contribution in [3.63, 3.8) is 0 Å². The fraction of sp³-hybridized carbons (Fsp3) is 0.483. The van der Waals surface area contributed by atoms with E-state index in [0.29, 0.717) is 29.4 Å². The Kier molecular flexibility index (Phi) is 8.15. The number of ether oxygens (including phenoxy) is 5. The van der Waals surface area contributed by atoms with Crippen LogP contribution in [0.1, 0.15) is 34.9 Å². The van der Waals surface area contributed by atoms with Crippen LogP contribution in [0.3, 0.4) is 0 Å². The van der Waals surface area contributed by atoms with Gasteiger partial charge in [0.25, 0.3) is 0 Å². The number of esters is 2. The van der Waals surface area contributed by atoms with Crippen LogP contribution >= 0.6 is 0 Å². The third-order valence-electron chi connectivity index (χ3n) is 7.48. The number of rotatable bonds is 10. The van der Waals surface area contributed by atoms with Crippen molar-refractivity contribution in [1.29, 1.82) is 0 Å². The number of carbonyl (C=O) groups excluding carboxylic acids is 3. The molecule has 0 amide bonds. The van der Waals surface area contributed by atoms with E-state index in [-0.39, 0.29) is 18.8 Å². The molecule has 2 aromatic carbocycles. The van der Waals surface area contributed by atoms with E-state index < -0.39 is 43.7 Å². The van der Waals surface area contributed by atoms with Crippen molar-refractivity contribution < 1.29 is 38.1 Å². The average Bonchev–Trinajstić information content (AvgIpc) is 2.90. The summed E-state index contributed by atoms with van der Waals surface area (Å²) in [7, 11) is 3.20. The highest BCUT2D eigenvalue weighted by atomic mass is 28.3. The summed E-state index contributed by atoms with van der Waals surface area (Å²) in [6.45, 7) is 6.85. The molecule has 8 nitrogen and oxygen atoms in total. The minimum atomic E-state index is -1.43. The van der Waals surface area contributed by atoms with Crippen LogP contribution < -0.4 is 14.2 Å². The number of carbonyl (C=O) groups is 3. The molecule has 0 radical (unpaired) electrons. The standard InChI is InChI=1S/C29H36O8Si/c1-33-18-9-10-20-21(13-18)25-23(30)15-22(20)26(28(31)36-11-12-38(4,5)6)27(25)29(32)37-16-17-7-8-19(34-2)14-24(17)35-3/h7-10,13-14,22,25-27H,11-12,15-16H2,1-6H3/t22?,25-,26-,27-/m1/s1. The molecule has 4 atom stereocenters. The Morgan fingerprint density at radius 1 is 0.842 bits per heavy atom. The minimum Gasteiger partial charge on any atom is -0.497 e. The molecule has 0 saturated heterocycles. The minimum absolute atomic E-state index is 0.0730. The molecular weight excluding hydrogens is 504 g/mol. The molecule has 5 rings (SSSR count). The van der Waals surface area contributed by atoms with Gasteiger partial charge in [0.2, 0.25) is 0 Å². The molecule has 3 aliphatic rings. The van der Waals surface area contributed by atoms with Gasteiger partial charge in [0.15, 0.2) is 0 Å². The van der Waals surface area contributed by atoms with Crippen molar-refractivity contribution in [2.24, 2.45) is 11.8 Å². The second kappa shape index (κ2) is 11.2. The number of hydrogen-bond donors (Lipinski definition) is 0. The van der Waals surface area contributed by atoms with Gasteiger partial charge in [0.05, 0.1) is 45.7 Å². The summed E-state index contributed by atoms with van der Waals surface area (Å²) in [5.74, 6) is -2.46. The van der Waals surface area contributed by atoms with Crippen LogP contribution in [-0.2, 0) is 30.5 Å². The van der Waals surface area contributed by atoms with Crippen molar-refractivity contribution in [2.75, 3.05) is 27.9 Å². The van der Waals surface area contributed by atoms with Crippen molar-refractivity contribution in [3.05, 3.63) is 53.1 Å². The molecule has 3 aliphatic carbocycles. The Morgan fingerprint density at radius 2 is 1.50 bits per heavy atom. The third-order valence-corrected chi connectivity index (χ3v) is 9.18. The first-order chi connectivity index (χ1) is 18.1. The van der Waals surface area contributed by atoms with Crippen LogP contribution in [0.4, 0.5) is 0 Å². The lowest BCUT2D eigenvalue weighted by Crippen LogP contribution is -2.50. The van der Waals surface area contributed by atoms with Crippen LogP contribution in [0.25, 0.3) is 0 Å². The highest BCUT2D eigenvalue weighted by Gasteiger charge is 2.58. The van der Waals surface area contributed by atoms with Crippen LogP contribution in [0.5, 0.6) is 17.2 Å². The maximum Gasteiger partial charge on any atom is 0.311 e. The Labute approximate surface area is 224 Å². The fourth-order valence-corrected chi connectivity index (χ4v) is 6.16. The van der Waals surface area contributed by atoms with Crippen molar-refractivity contribution in [2.45, 2.75) is 50.5 Å². The van der Waals surface area contributed by atoms with E-state index >= 15 is 0 Å². The van der Waals surface area contributed by atoms with E-state index in [1.165, 1.54) is 7.11 Å². The molecule has 2 aromatic rings. The van der Waals surface area contributed by atoms with Crippen LogP contribution in [0.2, 0.25) is 25.7 Å². The van der Waals surface area contributed by atoms with Gasteiger partial charge in [-0.2, -0.15) is 0 Å². The number of ketones is 1. The monoisotopic (exact) mass is 540 g/mol. The van der Waals surface area contributed by atoms with Gasteiger partial charge in [-0.3, -0.25) is 14.4 Å². The van der Waals surface area contributed by atoms with Gasteiger partial charge < -0.3 is 23.7 Å². The number of fused-ring (bicyclic) bond motifs is 2. The maximum atomic E-state index is 13.7. The van der Waals surface area contributed by atoms with Crippen molar-refractivity contribution >= 4 is 25.8 Å². The van der Waals surface area contributed by atoms with Gasteiger partial charge >= 0.3 is 11.9 Å². The number of methoxy groups -OCH3 is 3. The summed E-state index contributed by atoms with van der Waals surface area (Å²) in [6, 6.07) is 11.5. The first kappa shape index (κ1) is 27.7. The number of Topliss-reactive ketones (excluding diaryl/α,β-unsaturated/α-hetero) is 1. The van der Waals surface area contributed by atoms with Crippen LogP contribution in [-0.4, -0.2) is 53.7 Å². The molecule has 1 unspecified atom stereocenters.